The second kappa shape index (κ2) is 11.8. The van der Waals surface area contributed by atoms with Gasteiger partial charge in [-0.25, -0.2) is 9.59 Å². The zero-order valence-corrected chi connectivity index (χ0v) is 17.8. The van der Waals surface area contributed by atoms with Crippen molar-refractivity contribution < 1.29 is 19.2 Å². The summed E-state index contributed by atoms with van der Waals surface area (Å²) in [7, 11) is 0. The quantitative estimate of drug-likeness (QED) is 0.447. The molecule has 10 nitrogen and oxygen atoms in total. The maximum atomic E-state index is 11.9. The molecule has 27 heavy (non-hydrogen) atoms. The largest absolute Gasteiger partial charge is 0.338 e. The van der Waals surface area contributed by atoms with E-state index in [0.29, 0.717) is 21.8 Å². The first-order valence-electron chi connectivity index (χ1n) is 8.10. The van der Waals surface area contributed by atoms with Crippen LogP contribution in [0.1, 0.15) is 27.7 Å². The third kappa shape index (κ3) is 8.58. The molecule has 0 bridgehead atoms. The Morgan fingerprint density at radius 3 is 1.56 bits per heavy atom. The van der Waals surface area contributed by atoms with Gasteiger partial charge in [0.15, 0.2) is 8.68 Å². The summed E-state index contributed by atoms with van der Waals surface area (Å²) in [6.07, 6.45) is 0. The van der Waals surface area contributed by atoms with E-state index in [0.717, 1.165) is 23.5 Å². The fourth-order valence-electron chi connectivity index (χ4n) is 1.54. The number of carbonyl (C=O) groups excluding carboxylic acids is 4. The lowest BCUT2D eigenvalue weighted by molar-refractivity contribution is -0.120. The molecule has 13 heteroatoms. The van der Waals surface area contributed by atoms with Crippen LogP contribution < -0.4 is 21.3 Å². The summed E-state index contributed by atoms with van der Waals surface area (Å²) in [5, 5.41) is 16.3. The van der Waals surface area contributed by atoms with Crippen molar-refractivity contribution in [2.45, 2.75) is 46.9 Å². The summed E-state index contributed by atoms with van der Waals surface area (Å²) < 4.78 is 1.07. The maximum Gasteiger partial charge on any atom is 0.321 e. The molecule has 0 fully saturated rings. The van der Waals surface area contributed by atoms with Crippen LogP contribution >= 0.6 is 34.9 Å². The Kier molecular flexibility index (Phi) is 10.1. The minimum atomic E-state index is -0.546. The number of rotatable bonds is 8. The van der Waals surface area contributed by atoms with Crippen molar-refractivity contribution in [3.05, 3.63) is 0 Å². The van der Waals surface area contributed by atoms with E-state index < -0.39 is 34.4 Å². The van der Waals surface area contributed by atoms with Crippen molar-refractivity contribution in [1.29, 1.82) is 0 Å². The smallest absolute Gasteiger partial charge is 0.321 e. The van der Waals surface area contributed by atoms with Crippen LogP contribution in [0.15, 0.2) is 8.68 Å². The summed E-state index contributed by atoms with van der Waals surface area (Å²) in [5.74, 6) is -0.880. The lowest BCUT2D eigenvalue weighted by Crippen LogP contribution is -2.42. The molecule has 1 aromatic rings. The van der Waals surface area contributed by atoms with Crippen molar-refractivity contribution in [1.82, 2.24) is 31.5 Å². The fraction of sp³-hybridized carbons (Fsp3) is 0.571. The normalized spacial score (nSPS) is 12.6. The summed E-state index contributed by atoms with van der Waals surface area (Å²) in [6.45, 7) is 7.64. The van der Waals surface area contributed by atoms with Gasteiger partial charge >= 0.3 is 12.1 Å². The molecule has 0 radical (unpaired) electrons. The van der Waals surface area contributed by atoms with Gasteiger partial charge in [-0.15, -0.1) is 10.2 Å². The molecule has 2 atom stereocenters. The maximum absolute atomic E-state index is 11.9. The van der Waals surface area contributed by atoms with E-state index in [1.807, 2.05) is 0 Å². The van der Waals surface area contributed by atoms with Gasteiger partial charge in [-0.05, 0) is 27.7 Å². The highest BCUT2D eigenvalue weighted by molar-refractivity contribution is 8.04. The molecular formula is C14H22N6O4S3. The SMILES string of the molecule is CCNC(=O)NC(=O)C(C)Sc1nnc(SC(C)C(=O)NC(=O)NCC)s1. The number of hydrogen-bond acceptors (Lipinski definition) is 9. The average Bonchev–Trinajstić information content (AvgIpc) is 3.01. The Balaban J connectivity index is 2.52. The fourth-order valence-corrected chi connectivity index (χ4v) is 4.85. The molecule has 0 aromatic carbocycles. The van der Waals surface area contributed by atoms with E-state index in [9.17, 15) is 19.2 Å². The Morgan fingerprint density at radius 1 is 0.852 bits per heavy atom. The van der Waals surface area contributed by atoms with Crippen LogP contribution in [0.4, 0.5) is 9.59 Å². The van der Waals surface area contributed by atoms with Gasteiger partial charge in [-0.3, -0.25) is 20.2 Å². The zero-order chi connectivity index (χ0) is 20.4. The van der Waals surface area contributed by atoms with Crippen LogP contribution in [0.25, 0.3) is 0 Å². The number of urea groups is 2. The van der Waals surface area contributed by atoms with Crippen molar-refractivity contribution >= 4 is 58.7 Å². The van der Waals surface area contributed by atoms with Gasteiger partial charge in [0.2, 0.25) is 11.8 Å². The summed E-state index contributed by atoms with van der Waals surface area (Å²) in [5.41, 5.74) is 0. The van der Waals surface area contributed by atoms with E-state index in [1.54, 1.807) is 27.7 Å². The van der Waals surface area contributed by atoms with Crippen molar-refractivity contribution in [3.63, 3.8) is 0 Å². The van der Waals surface area contributed by atoms with Gasteiger partial charge in [0.1, 0.15) is 0 Å². The van der Waals surface area contributed by atoms with E-state index in [1.165, 1.54) is 11.3 Å². The zero-order valence-electron chi connectivity index (χ0n) is 15.3. The highest BCUT2D eigenvalue weighted by Gasteiger charge is 2.21. The van der Waals surface area contributed by atoms with Crippen LogP contribution in [0.3, 0.4) is 0 Å². The average molecular weight is 435 g/mol. The van der Waals surface area contributed by atoms with Crippen molar-refractivity contribution in [3.8, 4) is 0 Å². The molecule has 0 saturated carbocycles. The number of amides is 6. The molecule has 1 rings (SSSR count). The van der Waals surface area contributed by atoms with Gasteiger partial charge in [-0.1, -0.05) is 34.9 Å². The lowest BCUT2D eigenvalue weighted by atomic mass is 10.4. The number of aromatic nitrogens is 2. The molecular weight excluding hydrogens is 412 g/mol. The number of carbonyl (C=O) groups is 4. The second-order valence-corrected chi connectivity index (χ2v) is 9.20. The molecule has 2 unspecified atom stereocenters. The van der Waals surface area contributed by atoms with E-state index in [-0.39, 0.29) is 0 Å². The highest BCUT2D eigenvalue weighted by Crippen LogP contribution is 2.33. The molecule has 0 spiro atoms. The van der Waals surface area contributed by atoms with E-state index in [4.69, 9.17) is 0 Å². The first kappa shape index (κ1) is 23.2. The summed E-state index contributed by atoms with van der Waals surface area (Å²) in [4.78, 5) is 46.6. The predicted molar refractivity (Wildman–Crippen MR) is 105 cm³/mol. The van der Waals surface area contributed by atoms with Gasteiger partial charge < -0.3 is 10.6 Å². The van der Waals surface area contributed by atoms with Crippen LogP contribution in [0.2, 0.25) is 0 Å². The lowest BCUT2D eigenvalue weighted by Gasteiger charge is -2.09. The number of hydrogen-bond donors (Lipinski definition) is 4. The third-order valence-electron chi connectivity index (χ3n) is 2.83. The molecule has 1 aromatic heterocycles. The standard InChI is InChI=1S/C14H22N6O4S3/c1-5-15-11(23)17-9(21)7(3)25-13-19-20-14(27-13)26-8(4)10(22)18-12(24)16-6-2/h7-8H,5-6H2,1-4H3,(H2,15,17,21,23)(H2,16,18,22,24). The number of thioether (sulfide) groups is 2. The Morgan fingerprint density at radius 2 is 1.22 bits per heavy atom. The van der Waals surface area contributed by atoms with E-state index in [2.05, 4.69) is 31.5 Å². The predicted octanol–water partition coefficient (Wildman–Crippen LogP) is 1.19. The highest BCUT2D eigenvalue weighted by atomic mass is 32.2. The first-order valence-corrected chi connectivity index (χ1v) is 10.7. The molecule has 0 aliphatic heterocycles. The topological polar surface area (TPSA) is 142 Å². The molecule has 4 N–H and O–H groups in total. The summed E-state index contributed by atoms with van der Waals surface area (Å²) in [6, 6.07) is -1.09. The van der Waals surface area contributed by atoms with Crippen LogP contribution in [-0.2, 0) is 9.59 Å². The van der Waals surface area contributed by atoms with Crippen LogP contribution in [0.5, 0.6) is 0 Å². The van der Waals surface area contributed by atoms with E-state index >= 15 is 0 Å². The molecule has 0 aliphatic carbocycles. The first-order chi connectivity index (χ1) is 12.8. The van der Waals surface area contributed by atoms with Gasteiger partial charge in [0.25, 0.3) is 0 Å². The van der Waals surface area contributed by atoms with Crippen LogP contribution in [-0.4, -0.2) is 57.7 Å². The Labute approximate surface area is 169 Å². The Bertz CT molecular complexity index is 629. The molecule has 0 aliphatic rings. The van der Waals surface area contributed by atoms with Crippen molar-refractivity contribution in [2.24, 2.45) is 0 Å². The number of nitrogens with zero attached hydrogens (tertiary/aromatic N) is 2. The minimum absolute atomic E-state index is 0.420. The number of imide groups is 2. The third-order valence-corrected chi connectivity index (χ3v) is 6.12. The van der Waals surface area contributed by atoms with Crippen LogP contribution in [0, 0.1) is 0 Å². The minimum Gasteiger partial charge on any atom is -0.338 e. The van der Waals surface area contributed by atoms with Crippen molar-refractivity contribution in [2.75, 3.05) is 13.1 Å². The van der Waals surface area contributed by atoms with Gasteiger partial charge in [-0.2, -0.15) is 0 Å². The summed E-state index contributed by atoms with van der Waals surface area (Å²) >= 11 is 3.55. The number of nitrogens with one attached hydrogen (secondary N) is 4. The molecule has 6 amide bonds. The molecule has 150 valence electrons. The monoisotopic (exact) mass is 434 g/mol. The van der Waals surface area contributed by atoms with Gasteiger partial charge in [0.05, 0.1) is 10.5 Å². The second-order valence-electron chi connectivity index (χ2n) is 5.05. The Hall–Kier alpha value is -1.86. The molecule has 0 saturated heterocycles. The molecule has 1 heterocycles. The van der Waals surface area contributed by atoms with Gasteiger partial charge in [0, 0.05) is 13.1 Å².